The van der Waals surface area contributed by atoms with E-state index in [1.54, 1.807) is 19.1 Å². The van der Waals surface area contributed by atoms with Crippen LogP contribution in [0.15, 0.2) is 58.1 Å². The highest BCUT2D eigenvalue weighted by molar-refractivity contribution is 5.92. The number of amides is 2. The lowest BCUT2D eigenvalue weighted by Gasteiger charge is -2.28. The van der Waals surface area contributed by atoms with E-state index >= 15 is 0 Å². The maximum atomic E-state index is 12.7. The quantitative estimate of drug-likeness (QED) is 0.513. The number of phenolic OH excluding ortho intramolecular Hbond substituents is 1. The molecule has 2 aromatic carbocycles. The molecular formula is C21H20N4O5. The number of hydrogen-bond donors (Lipinski definition) is 4. The minimum Gasteiger partial charge on any atom is -0.504 e. The third kappa shape index (κ3) is 3.52. The first kappa shape index (κ1) is 19.3. The first-order valence-electron chi connectivity index (χ1n) is 9.42. The molecule has 1 aliphatic rings. The van der Waals surface area contributed by atoms with Crippen molar-refractivity contribution >= 4 is 11.8 Å². The molecule has 1 aliphatic heterocycles. The second-order valence-electron chi connectivity index (χ2n) is 6.78. The first-order chi connectivity index (χ1) is 14.5. The number of H-pyrrole nitrogens is 1. The summed E-state index contributed by atoms with van der Waals surface area (Å²) in [6.07, 6.45) is 0. The molecule has 9 heteroatoms. The highest BCUT2D eigenvalue weighted by Crippen LogP contribution is 2.34. The number of anilines is 1. The number of carbonyl (C=O) groups excluding carboxylic acids is 1. The van der Waals surface area contributed by atoms with Crippen LogP contribution in [0.4, 0.5) is 10.6 Å². The van der Waals surface area contributed by atoms with Crippen LogP contribution in [0.3, 0.4) is 0 Å². The fourth-order valence-corrected chi connectivity index (χ4v) is 3.48. The van der Waals surface area contributed by atoms with Gasteiger partial charge in [0.1, 0.15) is 5.82 Å². The average molecular weight is 408 g/mol. The Labute approximate surface area is 171 Å². The molecule has 0 radical (unpaired) electrons. The van der Waals surface area contributed by atoms with Crippen LogP contribution in [0.1, 0.15) is 29.7 Å². The van der Waals surface area contributed by atoms with Crippen molar-refractivity contribution < 1.29 is 14.6 Å². The molecule has 4 N–H and O–H groups in total. The largest absolute Gasteiger partial charge is 0.504 e. The van der Waals surface area contributed by atoms with E-state index in [0.29, 0.717) is 12.2 Å². The zero-order valence-corrected chi connectivity index (χ0v) is 16.1. The molecule has 3 aromatic rings. The lowest BCUT2D eigenvalue weighted by atomic mass is 9.98. The van der Waals surface area contributed by atoms with E-state index in [-0.39, 0.29) is 29.4 Å². The predicted molar refractivity (Wildman–Crippen MR) is 110 cm³/mol. The minimum absolute atomic E-state index is 0.0518. The van der Waals surface area contributed by atoms with E-state index in [2.05, 4.69) is 15.6 Å². The molecule has 0 bridgehead atoms. The highest BCUT2D eigenvalue weighted by atomic mass is 16.5. The van der Waals surface area contributed by atoms with Crippen molar-refractivity contribution in [1.29, 1.82) is 0 Å². The van der Waals surface area contributed by atoms with Crippen molar-refractivity contribution in [2.75, 3.05) is 11.9 Å². The highest BCUT2D eigenvalue weighted by Gasteiger charge is 2.32. The summed E-state index contributed by atoms with van der Waals surface area (Å²) in [6, 6.07) is 12.4. The fraction of sp³-hybridized carbons (Fsp3) is 0.190. The Morgan fingerprint density at radius 3 is 2.60 bits per heavy atom. The van der Waals surface area contributed by atoms with Crippen LogP contribution in [0.5, 0.6) is 11.5 Å². The number of aromatic nitrogens is 2. The van der Waals surface area contributed by atoms with Crippen LogP contribution in [-0.4, -0.2) is 27.3 Å². The van der Waals surface area contributed by atoms with Gasteiger partial charge in [0.15, 0.2) is 11.5 Å². The molecule has 9 nitrogen and oxygen atoms in total. The molecule has 1 atom stereocenters. The summed E-state index contributed by atoms with van der Waals surface area (Å²) >= 11 is 0. The number of nitrogens with one attached hydrogen (secondary N) is 3. The van der Waals surface area contributed by atoms with Crippen LogP contribution in [0.25, 0.3) is 0 Å². The summed E-state index contributed by atoms with van der Waals surface area (Å²) in [4.78, 5) is 40.0. The van der Waals surface area contributed by atoms with Gasteiger partial charge in [-0.2, -0.15) is 0 Å². The number of aromatic amines is 1. The normalized spacial score (nSPS) is 15.1. The van der Waals surface area contributed by atoms with Gasteiger partial charge in [-0.25, -0.2) is 9.59 Å². The van der Waals surface area contributed by atoms with Gasteiger partial charge in [-0.15, -0.1) is 0 Å². The molecule has 1 unspecified atom stereocenters. The number of rotatable bonds is 5. The van der Waals surface area contributed by atoms with Gasteiger partial charge in [0.05, 0.1) is 24.8 Å². The number of nitrogens with zero attached hydrogens (tertiary/aromatic N) is 1. The van der Waals surface area contributed by atoms with Crippen LogP contribution >= 0.6 is 0 Å². The second kappa shape index (κ2) is 7.78. The number of hydrogen-bond acceptors (Lipinski definition) is 5. The van der Waals surface area contributed by atoms with Crippen molar-refractivity contribution in [2.45, 2.75) is 19.5 Å². The standard InChI is InChI=1S/C21H20N4O5/c1-2-30-15-10-13(8-9-14(15)26)17-16-18(23-20(28)22-17)25(21(29)24-19(16)27)11-12-6-4-3-5-7-12/h3-10,17,26H,2,11H2,1H3,(H2,22,23,28)(H,24,27,29). The Balaban J connectivity index is 1.86. The molecule has 0 saturated heterocycles. The van der Waals surface area contributed by atoms with Gasteiger partial charge < -0.3 is 15.2 Å². The first-order valence-corrected chi connectivity index (χ1v) is 9.42. The van der Waals surface area contributed by atoms with Gasteiger partial charge in [-0.1, -0.05) is 36.4 Å². The number of carbonyl (C=O) groups is 1. The summed E-state index contributed by atoms with van der Waals surface area (Å²) in [5.74, 6) is 0.315. The van der Waals surface area contributed by atoms with Gasteiger partial charge in [-0.3, -0.25) is 19.7 Å². The SMILES string of the molecule is CCOc1cc(C2NC(=O)Nc3c2c(=O)[nH]c(=O)n3Cc2ccccc2)ccc1O. The van der Waals surface area contributed by atoms with E-state index in [0.717, 1.165) is 5.56 Å². The van der Waals surface area contributed by atoms with E-state index in [4.69, 9.17) is 4.74 Å². The summed E-state index contributed by atoms with van der Waals surface area (Å²) < 4.78 is 6.74. The van der Waals surface area contributed by atoms with E-state index in [1.165, 1.54) is 10.6 Å². The van der Waals surface area contributed by atoms with Crippen molar-refractivity contribution in [3.63, 3.8) is 0 Å². The zero-order chi connectivity index (χ0) is 21.3. The summed E-state index contributed by atoms with van der Waals surface area (Å²) in [5.41, 5.74) is 0.328. The number of fused-ring (bicyclic) bond motifs is 1. The summed E-state index contributed by atoms with van der Waals surface area (Å²) in [7, 11) is 0. The maximum absolute atomic E-state index is 12.7. The van der Waals surface area contributed by atoms with Crippen LogP contribution in [0.2, 0.25) is 0 Å². The number of ether oxygens (including phenoxy) is 1. The summed E-state index contributed by atoms with van der Waals surface area (Å²) in [6.45, 7) is 2.29. The van der Waals surface area contributed by atoms with Gasteiger partial charge >= 0.3 is 11.7 Å². The number of urea groups is 1. The Morgan fingerprint density at radius 2 is 1.87 bits per heavy atom. The second-order valence-corrected chi connectivity index (χ2v) is 6.78. The predicted octanol–water partition coefficient (Wildman–Crippen LogP) is 1.91. The average Bonchev–Trinajstić information content (AvgIpc) is 2.73. The van der Waals surface area contributed by atoms with E-state index in [1.807, 2.05) is 30.3 Å². The molecule has 30 heavy (non-hydrogen) atoms. The molecule has 0 saturated carbocycles. The lowest BCUT2D eigenvalue weighted by molar-refractivity contribution is 0.248. The molecule has 4 rings (SSSR count). The smallest absolute Gasteiger partial charge is 0.330 e. The summed E-state index contributed by atoms with van der Waals surface area (Å²) in [5, 5.41) is 15.3. The molecule has 2 amide bonds. The Hall–Kier alpha value is -4.01. The van der Waals surface area contributed by atoms with Crippen LogP contribution < -0.4 is 26.6 Å². The zero-order valence-electron chi connectivity index (χ0n) is 16.1. The topological polar surface area (TPSA) is 125 Å². The molecule has 0 spiro atoms. The van der Waals surface area contributed by atoms with Gasteiger partial charge in [-0.05, 0) is 30.2 Å². The Morgan fingerprint density at radius 1 is 1.10 bits per heavy atom. The van der Waals surface area contributed by atoms with E-state index in [9.17, 15) is 19.5 Å². The molecule has 1 aromatic heterocycles. The van der Waals surface area contributed by atoms with Gasteiger partial charge in [0.2, 0.25) is 0 Å². The molecule has 0 aliphatic carbocycles. The third-order valence-electron chi connectivity index (χ3n) is 4.83. The van der Waals surface area contributed by atoms with Crippen molar-refractivity contribution in [3.05, 3.63) is 86.1 Å². The Kier molecular flexibility index (Phi) is 5.01. The number of benzene rings is 2. The molecular weight excluding hydrogens is 388 g/mol. The molecule has 0 fully saturated rings. The molecule has 154 valence electrons. The van der Waals surface area contributed by atoms with Crippen molar-refractivity contribution in [2.24, 2.45) is 0 Å². The Bertz CT molecular complexity index is 1220. The van der Waals surface area contributed by atoms with Gasteiger partial charge in [0.25, 0.3) is 5.56 Å². The van der Waals surface area contributed by atoms with Crippen LogP contribution in [-0.2, 0) is 6.54 Å². The molecule has 2 heterocycles. The number of phenols is 1. The monoisotopic (exact) mass is 408 g/mol. The maximum Gasteiger partial charge on any atom is 0.330 e. The van der Waals surface area contributed by atoms with E-state index < -0.39 is 23.3 Å². The third-order valence-corrected chi connectivity index (χ3v) is 4.83. The van der Waals surface area contributed by atoms with Crippen LogP contribution in [0, 0.1) is 0 Å². The van der Waals surface area contributed by atoms with Gasteiger partial charge in [0, 0.05) is 0 Å². The fourth-order valence-electron chi connectivity index (χ4n) is 3.48. The van der Waals surface area contributed by atoms with Crippen molar-refractivity contribution in [3.8, 4) is 11.5 Å². The number of aromatic hydroxyl groups is 1. The lowest BCUT2D eigenvalue weighted by Crippen LogP contribution is -2.46. The minimum atomic E-state index is -0.833. The van der Waals surface area contributed by atoms with Crippen molar-refractivity contribution in [1.82, 2.24) is 14.9 Å².